The van der Waals surface area contributed by atoms with Crippen LogP contribution in [0.5, 0.6) is 5.75 Å². The van der Waals surface area contributed by atoms with Crippen LogP contribution in [0.2, 0.25) is 0 Å². The molecule has 4 aromatic rings. The van der Waals surface area contributed by atoms with E-state index in [-0.39, 0.29) is 35.9 Å². The molecule has 0 amide bonds. The van der Waals surface area contributed by atoms with Gasteiger partial charge in [0.15, 0.2) is 0 Å². The minimum absolute atomic E-state index is 0.0831. The zero-order valence-electron chi connectivity index (χ0n) is 21.9. The zero-order valence-corrected chi connectivity index (χ0v) is 22.7. The Balaban J connectivity index is 1.24. The molecule has 14 heteroatoms. The number of nitrogens with zero attached hydrogens (tertiary/aromatic N) is 2. The number of alkyl halides is 3. The van der Waals surface area contributed by atoms with E-state index >= 15 is 0 Å². The third-order valence-electron chi connectivity index (χ3n) is 6.59. The van der Waals surface area contributed by atoms with Gasteiger partial charge in [0, 0.05) is 28.4 Å². The number of benzene rings is 3. The lowest BCUT2D eigenvalue weighted by atomic mass is 9.99. The number of rotatable bonds is 9. The molecule has 1 aromatic heterocycles. The number of hydroxylamine groups is 3. The van der Waals surface area contributed by atoms with E-state index in [1.807, 2.05) is 0 Å². The predicted octanol–water partition coefficient (Wildman–Crippen LogP) is 5.07. The van der Waals surface area contributed by atoms with Gasteiger partial charge in [-0.3, -0.25) is 0 Å². The summed E-state index contributed by atoms with van der Waals surface area (Å²) in [6.45, 7) is 1.15. The summed E-state index contributed by atoms with van der Waals surface area (Å²) in [4.78, 5) is 20.4. The molecule has 1 aliphatic heterocycles. The van der Waals surface area contributed by atoms with Crippen molar-refractivity contribution in [2.24, 2.45) is 5.16 Å². The van der Waals surface area contributed by atoms with Crippen molar-refractivity contribution in [3.05, 3.63) is 111 Å². The normalized spacial score (nSPS) is 18.7. The molecule has 2 atom stereocenters. The van der Waals surface area contributed by atoms with Crippen LogP contribution in [-0.2, 0) is 32.2 Å². The molecule has 3 aromatic carbocycles. The Morgan fingerprint density at radius 1 is 1.02 bits per heavy atom. The molecule has 0 aliphatic carbocycles. The lowest BCUT2D eigenvalue weighted by Crippen LogP contribution is -2.51. The Hall–Kier alpha value is -4.24. The summed E-state index contributed by atoms with van der Waals surface area (Å²) in [5.41, 5.74) is 0.215. The van der Waals surface area contributed by atoms with E-state index in [4.69, 9.17) is 14.0 Å². The first-order chi connectivity index (χ1) is 19.9. The highest BCUT2D eigenvalue weighted by Gasteiger charge is 2.49. The van der Waals surface area contributed by atoms with E-state index < -0.39 is 37.5 Å². The molecule has 0 N–H and O–H groups in total. The fourth-order valence-electron chi connectivity index (χ4n) is 4.38. The van der Waals surface area contributed by atoms with Crippen LogP contribution in [0.15, 0.2) is 92.1 Å². The molecule has 10 nitrogen and oxygen atoms in total. The average Bonchev–Trinajstić information content (AvgIpc) is 3.36. The molecule has 42 heavy (non-hydrogen) atoms. The summed E-state index contributed by atoms with van der Waals surface area (Å²) in [6, 6.07) is 16.6. The Morgan fingerprint density at radius 2 is 1.74 bits per heavy atom. The van der Waals surface area contributed by atoms with Gasteiger partial charge in [-0.25, -0.2) is 13.2 Å². The number of ether oxygens (including phenoxy) is 1. The van der Waals surface area contributed by atoms with Crippen LogP contribution in [-0.4, -0.2) is 38.2 Å². The molecule has 1 aliphatic rings. The third-order valence-corrected chi connectivity index (χ3v) is 8.54. The first-order valence-electron chi connectivity index (χ1n) is 12.5. The number of hydrogen-bond donors (Lipinski definition) is 0. The van der Waals surface area contributed by atoms with Crippen molar-refractivity contribution in [1.29, 1.82) is 0 Å². The molecule has 0 radical (unpaired) electrons. The van der Waals surface area contributed by atoms with Crippen molar-refractivity contribution >= 4 is 27.0 Å². The van der Waals surface area contributed by atoms with E-state index in [0.717, 1.165) is 18.3 Å². The van der Waals surface area contributed by atoms with Crippen molar-refractivity contribution in [3.8, 4) is 5.75 Å². The standard InChI is InChI=1S/C28H23F3N2O8S/c1-18-23-12-11-21(16-25(23)40-27(34)24(18)15-19-7-9-20(10-8-19)28(29,30)31)38-13-14-39-33(35)26(17-32-41-33)42(36,37)22-5-3-2-4-6-22/h2-12,16-17,26H,13-15H2,1H3. The van der Waals surface area contributed by atoms with Crippen molar-refractivity contribution in [2.75, 3.05) is 13.2 Å². The maximum absolute atomic E-state index is 13.0. The van der Waals surface area contributed by atoms with Gasteiger partial charge in [-0.1, -0.05) is 30.3 Å². The second-order valence-electron chi connectivity index (χ2n) is 9.33. The second-order valence-corrected chi connectivity index (χ2v) is 11.4. The predicted molar refractivity (Wildman–Crippen MR) is 144 cm³/mol. The molecule has 2 heterocycles. The number of quaternary nitrogens is 1. The van der Waals surface area contributed by atoms with Crippen LogP contribution >= 0.6 is 0 Å². The van der Waals surface area contributed by atoms with Gasteiger partial charge in [-0.05, 0) is 59.6 Å². The smallest absolute Gasteiger partial charge is 0.416 e. The molecular formula is C28H23F3N2O8S. The highest BCUT2D eigenvalue weighted by atomic mass is 32.2. The Bertz CT molecular complexity index is 1790. The monoisotopic (exact) mass is 604 g/mol. The second kappa shape index (κ2) is 11.2. The maximum atomic E-state index is 13.0. The van der Waals surface area contributed by atoms with Gasteiger partial charge in [0.05, 0.1) is 10.5 Å². The van der Waals surface area contributed by atoms with Gasteiger partial charge >= 0.3 is 17.2 Å². The van der Waals surface area contributed by atoms with Gasteiger partial charge in [-0.2, -0.15) is 18.1 Å². The highest BCUT2D eigenvalue weighted by molar-refractivity contribution is 7.92. The van der Waals surface area contributed by atoms with Gasteiger partial charge in [0.1, 0.15) is 30.8 Å². The van der Waals surface area contributed by atoms with Gasteiger partial charge < -0.3 is 14.4 Å². The fraction of sp³-hybridized carbons (Fsp3) is 0.214. The lowest BCUT2D eigenvalue weighted by molar-refractivity contribution is -1.21. The number of aryl methyl sites for hydroxylation is 1. The van der Waals surface area contributed by atoms with Crippen molar-refractivity contribution in [1.82, 2.24) is 0 Å². The molecule has 5 rings (SSSR count). The van der Waals surface area contributed by atoms with Gasteiger partial charge in [0.25, 0.3) is 0 Å². The Morgan fingerprint density at radius 3 is 2.43 bits per heavy atom. The number of fused-ring (bicyclic) bond motifs is 1. The number of oxime groups is 1. The summed E-state index contributed by atoms with van der Waals surface area (Å²) in [5.74, 6) is 0.272. The summed E-state index contributed by atoms with van der Waals surface area (Å²) in [6.07, 6.45) is -3.52. The summed E-state index contributed by atoms with van der Waals surface area (Å²) in [7, 11) is -4.17. The van der Waals surface area contributed by atoms with E-state index in [9.17, 15) is 31.6 Å². The van der Waals surface area contributed by atoms with Crippen molar-refractivity contribution in [2.45, 2.75) is 29.8 Å². The van der Waals surface area contributed by atoms with Crippen molar-refractivity contribution in [3.63, 3.8) is 0 Å². The van der Waals surface area contributed by atoms with Crippen LogP contribution in [0.4, 0.5) is 13.2 Å². The summed E-state index contributed by atoms with van der Waals surface area (Å²) >= 11 is 0. The first-order valence-corrected chi connectivity index (χ1v) is 14.0. The van der Waals surface area contributed by atoms with Crippen molar-refractivity contribution < 1.29 is 45.5 Å². The fourth-order valence-corrected chi connectivity index (χ4v) is 5.84. The Kier molecular flexibility index (Phi) is 7.81. The maximum Gasteiger partial charge on any atom is 0.416 e. The molecule has 0 saturated heterocycles. The zero-order chi connectivity index (χ0) is 30.1. The molecule has 2 unspecified atom stereocenters. The highest BCUT2D eigenvalue weighted by Crippen LogP contribution is 2.31. The molecule has 220 valence electrons. The first kappa shape index (κ1) is 29.3. The van der Waals surface area contributed by atoms with Gasteiger partial charge in [-0.15, -0.1) is 4.84 Å². The largest absolute Gasteiger partial charge is 0.551 e. The molecule has 0 bridgehead atoms. The lowest BCUT2D eigenvalue weighted by Gasteiger charge is -2.32. The van der Waals surface area contributed by atoms with Gasteiger partial charge in [0.2, 0.25) is 9.84 Å². The molecule has 0 spiro atoms. The minimum atomic E-state index is -4.46. The number of hydrogen-bond acceptors (Lipinski definition) is 9. The van der Waals surface area contributed by atoms with Crippen LogP contribution in [0, 0.1) is 12.1 Å². The summed E-state index contributed by atoms with van der Waals surface area (Å²) in [5, 5.41) is 15.1. The average molecular weight is 605 g/mol. The van der Waals surface area contributed by atoms with E-state index in [1.165, 1.54) is 42.5 Å². The van der Waals surface area contributed by atoms with E-state index in [1.54, 1.807) is 25.1 Å². The number of halogens is 3. The van der Waals surface area contributed by atoms with E-state index in [0.29, 0.717) is 22.1 Å². The molecular weight excluding hydrogens is 581 g/mol. The SMILES string of the molecule is Cc1c(Cc2ccc(C(F)(F)F)cc2)c(=O)oc2cc(OCCO[N+]3([O-])ON=CC3S(=O)(=O)c3ccccc3)ccc12. The van der Waals surface area contributed by atoms with Crippen LogP contribution in [0.1, 0.15) is 22.3 Å². The number of sulfone groups is 1. The Labute approximate surface area is 237 Å². The third kappa shape index (κ3) is 5.87. The summed E-state index contributed by atoms with van der Waals surface area (Å²) < 4.78 is 75.4. The van der Waals surface area contributed by atoms with Crippen LogP contribution < -0.4 is 10.4 Å². The van der Waals surface area contributed by atoms with E-state index in [2.05, 4.69) is 10.1 Å². The van der Waals surface area contributed by atoms with Crippen LogP contribution in [0.3, 0.4) is 0 Å². The quantitative estimate of drug-likeness (QED) is 0.112. The molecule has 0 saturated carbocycles. The minimum Gasteiger partial charge on any atom is -0.551 e. The molecule has 0 fully saturated rings. The topological polar surface area (TPSA) is 127 Å². The van der Waals surface area contributed by atoms with Crippen LogP contribution in [0.25, 0.3) is 11.0 Å².